The van der Waals surface area contributed by atoms with Gasteiger partial charge in [0.05, 0.1) is 11.5 Å². The Bertz CT molecular complexity index is 715. The largest absolute Gasteiger partial charge is 0.462 e. The van der Waals surface area contributed by atoms with Gasteiger partial charge >= 0.3 is 5.97 Å². The monoisotopic (exact) mass is 400 g/mol. The second kappa shape index (κ2) is 8.40. The number of hydrogen-bond acceptors (Lipinski definition) is 3. The van der Waals surface area contributed by atoms with E-state index in [0.717, 1.165) is 44.9 Å². The maximum absolute atomic E-state index is 13.7. The van der Waals surface area contributed by atoms with Gasteiger partial charge in [-0.1, -0.05) is 44.1 Å². The van der Waals surface area contributed by atoms with Gasteiger partial charge in [-0.2, -0.15) is 0 Å². The van der Waals surface area contributed by atoms with Crippen molar-refractivity contribution in [2.75, 3.05) is 0 Å². The molecule has 162 valence electrons. The Hall–Kier alpha value is -1.38. The summed E-state index contributed by atoms with van der Waals surface area (Å²) in [6, 6.07) is 0. The molecule has 3 aliphatic carbocycles. The summed E-state index contributed by atoms with van der Waals surface area (Å²) in [4.78, 5) is 26.0. The molecule has 0 amide bonds. The van der Waals surface area contributed by atoms with Crippen LogP contribution in [0.5, 0.6) is 0 Å². The van der Waals surface area contributed by atoms with Gasteiger partial charge in [-0.15, -0.1) is 0 Å². The molecule has 0 aromatic carbocycles. The first-order chi connectivity index (χ1) is 13.7. The summed E-state index contributed by atoms with van der Waals surface area (Å²) in [5.41, 5.74) is 2.26. The highest BCUT2D eigenvalue weighted by molar-refractivity contribution is 5.81. The summed E-state index contributed by atoms with van der Waals surface area (Å²) in [6.45, 7) is 12.5. The van der Waals surface area contributed by atoms with E-state index in [-0.39, 0.29) is 29.2 Å². The molecule has 0 aromatic rings. The van der Waals surface area contributed by atoms with Crippen molar-refractivity contribution in [2.45, 2.75) is 99.0 Å². The molecule has 0 radical (unpaired) electrons. The molecule has 3 nitrogen and oxygen atoms in total. The average Bonchev–Trinajstić information content (AvgIpc) is 2.98. The number of ether oxygens (including phenoxy) is 1. The van der Waals surface area contributed by atoms with Crippen LogP contribution in [0.2, 0.25) is 0 Å². The normalized spacial score (nSPS) is 35.1. The lowest BCUT2D eigenvalue weighted by atomic mass is 9.51. The summed E-state index contributed by atoms with van der Waals surface area (Å²) in [6.07, 6.45) is 11.9. The van der Waals surface area contributed by atoms with Gasteiger partial charge in [0.1, 0.15) is 5.78 Å². The van der Waals surface area contributed by atoms with Gasteiger partial charge in [-0.3, -0.25) is 9.59 Å². The quantitative estimate of drug-likeness (QED) is 0.381. The highest BCUT2D eigenvalue weighted by Gasteiger charge is 2.63. The average molecular weight is 401 g/mol. The zero-order valence-electron chi connectivity index (χ0n) is 19.3. The zero-order valence-corrected chi connectivity index (χ0v) is 19.3. The summed E-state index contributed by atoms with van der Waals surface area (Å²) in [7, 11) is 0. The van der Waals surface area contributed by atoms with Crippen LogP contribution in [0.1, 0.15) is 92.9 Å². The lowest BCUT2D eigenvalue weighted by molar-refractivity contribution is -0.170. The Morgan fingerprint density at radius 2 is 1.90 bits per heavy atom. The molecule has 0 bridgehead atoms. The molecule has 5 atom stereocenters. The van der Waals surface area contributed by atoms with Crippen LogP contribution in [0.25, 0.3) is 0 Å². The lowest BCUT2D eigenvalue weighted by Gasteiger charge is -2.52. The van der Waals surface area contributed by atoms with Crippen molar-refractivity contribution in [3.8, 4) is 0 Å². The van der Waals surface area contributed by atoms with E-state index in [1.54, 1.807) is 6.92 Å². The van der Waals surface area contributed by atoms with Crippen LogP contribution in [0.15, 0.2) is 23.3 Å². The predicted molar refractivity (Wildman–Crippen MR) is 117 cm³/mol. The second-order valence-electron chi connectivity index (χ2n) is 10.4. The smallest absolute Gasteiger partial charge is 0.313 e. The first kappa shape index (κ1) is 22.3. The van der Waals surface area contributed by atoms with Gasteiger partial charge in [-0.05, 0) is 83.5 Å². The van der Waals surface area contributed by atoms with Crippen LogP contribution in [-0.2, 0) is 14.3 Å². The molecule has 0 saturated heterocycles. The van der Waals surface area contributed by atoms with Crippen molar-refractivity contribution in [3.63, 3.8) is 0 Å². The number of rotatable bonds is 6. The molecule has 2 fully saturated rings. The third-order valence-corrected chi connectivity index (χ3v) is 8.20. The van der Waals surface area contributed by atoms with E-state index in [4.69, 9.17) is 4.74 Å². The Balaban J connectivity index is 2.07. The Labute approximate surface area is 177 Å². The molecule has 3 rings (SSSR count). The molecule has 0 heterocycles. The van der Waals surface area contributed by atoms with E-state index in [1.165, 1.54) is 11.1 Å². The van der Waals surface area contributed by atoms with Crippen LogP contribution in [-0.4, -0.2) is 17.9 Å². The summed E-state index contributed by atoms with van der Waals surface area (Å²) in [5, 5.41) is 0. The van der Waals surface area contributed by atoms with Crippen molar-refractivity contribution in [1.82, 2.24) is 0 Å². The van der Waals surface area contributed by atoms with Gasteiger partial charge in [0.15, 0.2) is 0 Å². The van der Waals surface area contributed by atoms with Gasteiger partial charge < -0.3 is 4.74 Å². The Kier molecular flexibility index (Phi) is 6.46. The number of esters is 1. The summed E-state index contributed by atoms with van der Waals surface area (Å²) in [5.74, 6) is 1.32. The summed E-state index contributed by atoms with van der Waals surface area (Å²) >= 11 is 0. The van der Waals surface area contributed by atoms with Crippen molar-refractivity contribution in [3.05, 3.63) is 23.3 Å². The van der Waals surface area contributed by atoms with Crippen molar-refractivity contribution in [2.24, 2.45) is 28.6 Å². The standard InChI is InChI=1S/C26H40O3/c1-7-20(6)29-24(28)26-15-14-25(16-19(5)27)13-12-18(4)8-9-22(25)23(26)11-10-21(26)17(2)3/h9,12,17,20-21,23H,7-8,10-11,13-16H2,1-6H3/t20?,21-,23+,25-,26+/m1/s1. The van der Waals surface area contributed by atoms with E-state index in [1.807, 2.05) is 6.92 Å². The molecule has 3 heteroatoms. The van der Waals surface area contributed by atoms with Gasteiger partial charge in [0.25, 0.3) is 0 Å². The Morgan fingerprint density at radius 3 is 2.52 bits per heavy atom. The van der Waals surface area contributed by atoms with E-state index < -0.39 is 5.41 Å². The fourth-order valence-electron chi connectivity index (χ4n) is 6.61. The molecule has 0 aliphatic heterocycles. The molecular weight excluding hydrogens is 360 g/mol. The van der Waals surface area contributed by atoms with Crippen molar-refractivity contribution < 1.29 is 14.3 Å². The highest BCUT2D eigenvalue weighted by Crippen LogP contribution is 2.66. The third-order valence-electron chi connectivity index (χ3n) is 8.20. The minimum Gasteiger partial charge on any atom is -0.462 e. The molecule has 0 aromatic heterocycles. The van der Waals surface area contributed by atoms with Crippen LogP contribution in [0, 0.1) is 28.6 Å². The molecule has 3 aliphatic rings. The molecule has 2 saturated carbocycles. The fourth-order valence-corrected chi connectivity index (χ4v) is 6.61. The fraction of sp³-hybridized carbons (Fsp3) is 0.769. The molecule has 1 unspecified atom stereocenters. The number of fused-ring (bicyclic) bond motifs is 3. The minimum absolute atomic E-state index is 0.0271. The molecule has 0 spiro atoms. The van der Waals surface area contributed by atoms with Gasteiger partial charge in [-0.25, -0.2) is 0 Å². The molecular formula is C26H40O3. The van der Waals surface area contributed by atoms with E-state index in [0.29, 0.717) is 18.3 Å². The van der Waals surface area contributed by atoms with E-state index >= 15 is 0 Å². The number of ketones is 1. The highest BCUT2D eigenvalue weighted by atomic mass is 16.5. The first-order valence-electron chi connectivity index (χ1n) is 11.7. The maximum atomic E-state index is 13.7. The molecule has 29 heavy (non-hydrogen) atoms. The molecule has 0 N–H and O–H groups in total. The van der Waals surface area contributed by atoms with Crippen molar-refractivity contribution >= 4 is 11.8 Å². The van der Waals surface area contributed by atoms with Crippen LogP contribution in [0.3, 0.4) is 0 Å². The van der Waals surface area contributed by atoms with Crippen LogP contribution >= 0.6 is 0 Å². The van der Waals surface area contributed by atoms with Gasteiger partial charge in [0.2, 0.25) is 0 Å². The topological polar surface area (TPSA) is 43.4 Å². The number of allylic oxidation sites excluding steroid dienone is 4. The number of carbonyl (C=O) groups is 2. The summed E-state index contributed by atoms with van der Waals surface area (Å²) < 4.78 is 6.02. The number of hydrogen-bond donors (Lipinski definition) is 0. The van der Waals surface area contributed by atoms with E-state index in [9.17, 15) is 9.59 Å². The van der Waals surface area contributed by atoms with E-state index in [2.05, 4.69) is 39.8 Å². The first-order valence-corrected chi connectivity index (χ1v) is 11.7. The lowest BCUT2D eigenvalue weighted by Crippen LogP contribution is -2.51. The van der Waals surface area contributed by atoms with Crippen LogP contribution < -0.4 is 0 Å². The Morgan fingerprint density at radius 1 is 1.17 bits per heavy atom. The SMILES string of the molecule is CCC(C)OC(=O)[C@]12CC[C@@]3(CC(C)=O)CC=C(C)CC=C3[C@@H]1CC[C@@H]2C(C)C. The van der Waals surface area contributed by atoms with Crippen LogP contribution in [0.4, 0.5) is 0 Å². The second-order valence-corrected chi connectivity index (χ2v) is 10.4. The number of Topliss-reactive ketones (excluding diaryl/α,β-unsaturated/α-hetero) is 1. The zero-order chi connectivity index (χ0) is 21.4. The predicted octanol–water partition coefficient (Wildman–Crippen LogP) is 6.42. The number of carbonyl (C=O) groups excluding carboxylic acids is 2. The van der Waals surface area contributed by atoms with Crippen molar-refractivity contribution in [1.29, 1.82) is 0 Å². The maximum Gasteiger partial charge on any atom is 0.313 e. The van der Waals surface area contributed by atoms with Gasteiger partial charge in [0, 0.05) is 11.8 Å². The third kappa shape index (κ3) is 3.86. The minimum atomic E-state index is -0.415.